The molecule has 0 spiro atoms. The summed E-state index contributed by atoms with van der Waals surface area (Å²) in [5.41, 5.74) is 1.26. The van der Waals surface area contributed by atoms with Gasteiger partial charge < -0.3 is 21.3 Å². The van der Waals surface area contributed by atoms with E-state index in [9.17, 15) is 0 Å². The second kappa shape index (κ2) is 11.9. The van der Waals surface area contributed by atoms with Gasteiger partial charge in [0.2, 0.25) is 0 Å². The van der Waals surface area contributed by atoms with E-state index in [0.717, 1.165) is 5.56 Å². The molecule has 38 heavy (non-hydrogen) atoms. The average Bonchev–Trinajstić information content (AvgIpc) is 2.58. The molecule has 0 saturated carbocycles. The average molecular weight is 655 g/mol. The first-order valence-electron chi connectivity index (χ1n) is 13.0. The molecule has 7 nitrogen and oxygen atoms in total. The molecule has 0 atom stereocenters. The number of hydrogen-bond acceptors (Lipinski definition) is 7. The normalized spacial score (nSPS) is 15.0. The fourth-order valence-electron chi connectivity index (χ4n) is 3.63. The summed E-state index contributed by atoms with van der Waals surface area (Å²) in [6, 6.07) is 7.23. The molecule has 0 fully saturated rings. The van der Waals surface area contributed by atoms with Crippen LogP contribution >= 0.6 is 15.2 Å². The predicted molar refractivity (Wildman–Crippen MR) is 176 cm³/mol. The Hall–Kier alpha value is 0.304. The second-order valence-electron chi connectivity index (χ2n) is 14.5. The van der Waals surface area contributed by atoms with Crippen molar-refractivity contribution in [3.05, 3.63) is 42.0 Å². The van der Waals surface area contributed by atoms with Crippen molar-refractivity contribution in [2.75, 3.05) is 0 Å². The summed E-state index contributed by atoms with van der Waals surface area (Å²) in [4.78, 5) is 0. The second-order valence-corrected chi connectivity index (χ2v) is 42.3. The highest BCUT2D eigenvalue weighted by Crippen LogP contribution is 2.85. The minimum Gasteiger partial charge on any atom is -0.389 e. The SMILES string of the molecule is C=Cc1ccc(C(O[Si](C)(C)C)(P(=O)(O[Si](C)(C)C)O[Si](C)(C)C)P(=O)(O[Si](C)(C)C)O[Si](C)(C)C)cc1. The highest BCUT2D eigenvalue weighted by molar-refractivity contribution is 7.75. The van der Waals surface area contributed by atoms with Gasteiger partial charge in [0.15, 0.2) is 41.6 Å². The number of hydrogen-bond donors (Lipinski definition) is 0. The van der Waals surface area contributed by atoms with Gasteiger partial charge in [-0.3, -0.25) is 9.13 Å². The molecular formula is C24H52O7P2Si5. The van der Waals surface area contributed by atoms with Crippen LogP contribution in [0.15, 0.2) is 30.8 Å². The van der Waals surface area contributed by atoms with Crippen LogP contribution in [0, 0.1) is 0 Å². The predicted octanol–water partition coefficient (Wildman–Crippen LogP) is 10.1. The van der Waals surface area contributed by atoms with E-state index in [-0.39, 0.29) is 0 Å². The smallest absolute Gasteiger partial charge is 0.359 e. The molecule has 0 aliphatic carbocycles. The molecule has 1 aromatic rings. The van der Waals surface area contributed by atoms with Gasteiger partial charge in [0.05, 0.1) is 0 Å². The molecule has 14 heteroatoms. The molecule has 0 N–H and O–H groups in total. The lowest BCUT2D eigenvalue weighted by Gasteiger charge is -2.50. The van der Waals surface area contributed by atoms with Crippen LogP contribution in [0.25, 0.3) is 6.08 Å². The van der Waals surface area contributed by atoms with E-state index >= 15 is 9.13 Å². The molecule has 220 valence electrons. The summed E-state index contributed by atoms with van der Waals surface area (Å²) in [6.45, 7) is 33.1. The van der Waals surface area contributed by atoms with Gasteiger partial charge in [0, 0.05) is 5.56 Å². The Morgan fingerprint density at radius 1 is 0.579 bits per heavy atom. The highest BCUT2D eigenvalue weighted by atomic mass is 31.2. The lowest BCUT2D eigenvalue weighted by molar-refractivity contribution is 0.153. The van der Waals surface area contributed by atoms with E-state index < -0.39 is 61.9 Å². The summed E-state index contributed by atoms with van der Waals surface area (Å²) in [5.74, 6) is 0. The van der Waals surface area contributed by atoms with Crippen LogP contribution in [0.3, 0.4) is 0 Å². The zero-order valence-corrected chi connectivity index (χ0v) is 33.1. The van der Waals surface area contributed by atoms with Crippen LogP contribution in [-0.4, -0.2) is 41.6 Å². The molecular weight excluding hydrogens is 603 g/mol. The Morgan fingerprint density at radius 3 is 1.08 bits per heavy atom. The van der Waals surface area contributed by atoms with Crippen LogP contribution in [0.2, 0.25) is 98.2 Å². The van der Waals surface area contributed by atoms with Crippen molar-refractivity contribution in [3.63, 3.8) is 0 Å². The van der Waals surface area contributed by atoms with Crippen LogP contribution in [0.4, 0.5) is 0 Å². The quantitative estimate of drug-likeness (QED) is 0.146. The number of rotatable bonds is 14. The summed E-state index contributed by atoms with van der Waals surface area (Å²) < 4.78 is 64.7. The Labute approximate surface area is 237 Å². The third kappa shape index (κ3) is 10.3. The van der Waals surface area contributed by atoms with E-state index in [1.807, 2.05) is 110 Å². The van der Waals surface area contributed by atoms with E-state index in [1.165, 1.54) is 0 Å². The first-order valence-corrected chi connectivity index (χ1v) is 33.2. The lowest BCUT2D eigenvalue weighted by atomic mass is 10.1. The zero-order valence-electron chi connectivity index (χ0n) is 26.3. The lowest BCUT2D eigenvalue weighted by Crippen LogP contribution is -2.48. The highest BCUT2D eigenvalue weighted by Gasteiger charge is 2.71. The Balaban J connectivity index is 4.54. The third-order valence-corrected chi connectivity index (χ3v) is 21.8. The van der Waals surface area contributed by atoms with Crippen molar-refractivity contribution in [2.24, 2.45) is 0 Å². The van der Waals surface area contributed by atoms with Crippen molar-refractivity contribution in [2.45, 2.75) is 103 Å². The van der Waals surface area contributed by atoms with Gasteiger partial charge >= 0.3 is 15.2 Å². The third-order valence-electron chi connectivity index (χ3n) is 4.29. The van der Waals surface area contributed by atoms with E-state index in [1.54, 1.807) is 18.2 Å². The van der Waals surface area contributed by atoms with E-state index in [0.29, 0.717) is 5.56 Å². The molecule has 0 saturated heterocycles. The fourth-order valence-corrected chi connectivity index (χ4v) is 25.2. The minimum absolute atomic E-state index is 0.408. The summed E-state index contributed by atoms with van der Waals surface area (Å²) in [6.07, 6.45) is 1.72. The van der Waals surface area contributed by atoms with E-state index in [2.05, 4.69) is 6.58 Å². The van der Waals surface area contributed by atoms with Gasteiger partial charge in [-0.1, -0.05) is 36.9 Å². The van der Waals surface area contributed by atoms with Gasteiger partial charge in [-0.05, 0) is 104 Å². The maximum Gasteiger partial charge on any atom is 0.359 e. The van der Waals surface area contributed by atoms with Gasteiger partial charge in [0.25, 0.3) is 5.08 Å². The number of benzene rings is 1. The van der Waals surface area contributed by atoms with Crippen molar-refractivity contribution < 1.29 is 30.4 Å². The maximum atomic E-state index is 15.7. The van der Waals surface area contributed by atoms with Crippen LogP contribution in [-0.2, 0) is 35.5 Å². The molecule has 0 bridgehead atoms. The van der Waals surface area contributed by atoms with Crippen molar-refractivity contribution in [1.82, 2.24) is 0 Å². The Morgan fingerprint density at radius 2 is 0.868 bits per heavy atom. The molecule has 0 radical (unpaired) electrons. The fraction of sp³-hybridized carbons (Fsp3) is 0.667. The molecule has 1 aromatic carbocycles. The Bertz CT molecular complexity index is 971. The summed E-state index contributed by atoms with van der Waals surface area (Å²) in [7, 11) is -21.8. The first kappa shape index (κ1) is 36.3. The standard InChI is InChI=1S/C24H52O7P2Si5/c1-17-22-18-20-23(21-19-22)24(27-34(2,3)4,32(25,28-35(5,6)7)29-36(8,9)10)33(26,30-37(11,12)13)31-38(14,15)16/h17-21H,1H2,2-16H3. The van der Waals surface area contributed by atoms with Gasteiger partial charge in [-0.15, -0.1) is 0 Å². The van der Waals surface area contributed by atoms with Crippen molar-refractivity contribution >= 4 is 62.9 Å². The molecule has 0 aliphatic rings. The topological polar surface area (TPSA) is 80.3 Å². The van der Waals surface area contributed by atoms with Crippen LogP contribution < -0.4 is 0 Å². The van der Waals surface area contributed by atoms with Gasteiger partial charge in [-0.25, -0.2) is 0 Å². The van der Waals surface area contributed by atoms with E-state index in [4.69, 9.17) is 21.3 Å². The molecule has 1 rings (SSSR count). The molecule has 0 amide bonds. The van der Waals surface area contributed by atoms with Crippen LogP contribution in [0.1, 0.15) is 11.1 Å². The molecule has 0 aliphatic heterocycles. The van der Waals surface area contributed by atoms with Crippen LogP contribution in [0.5, 0.6) is 0 Å². The minimum atomic E-state index is -4.40. The zero-order chi connectivity index (χ0) is 30.2. The molecule has 0 unspecified atom stereocenters. The maximum absolute atomic E-state index is 15.7. The monoisotopic (exact) mass is 654 g/mol. The molecule has 0 aromatic heterocycles. The van der Waals surface area contributed by atoms with Crippen molar-refractivity contribution in [3.8, 4) is 0 Å². The van der Waals surface area contributed by atoms with Gasteiger partial charge in [-0.2, -0.15) is 0 Å². The van der Waals surface area contributed by atoms with Crippen molar-refractivity contribution in [1.29, 1.82) is 0 Å². The Kier molecular flexibility index (Phi) is 11.4. The summed E-state index contributed by atoms with van der Waals surface area (Å²) >= 11 is 0. The molecule has 0 heterocycles. The largest absolute Gasteiger partial charge is 0.389 e. The van der Waals surface area contributed by atoms with Gasteiger partial charge in [0.1, 0.15) is 0 Å². The summed E-state index contributed by atoms with van der Waals surface area (Å²) in [5, 5.41) is -2.11. The first-order chi connectivity index (χ1) is 16.6.